The monoisotopic (exact) mass is 834 g/mol. The molecule has 0 aliphatic carbocycles. The minimum absolute atomic E-state index is 0. The summed E-state index contributed by atoms with van der Waals surface area (Å²) in [5.74, 6) is -9.56. The molecule has 302 valence electrons. The van der Waals surface area contributed by atoms with Gasteiger partial charge in [0, 0.05) is 102 Å². The molecule has 1 N–H and O–H groups in total. The van der Waals surface area contributed by atoms with Crippen LogP contribution in [0.5, 0.6) is 0 Å². The minimum Gasteiger partial charge on any atom is -0.550 e. The number of rotatable bonds is 17. The first-order valence-electron chi connectivity index (χ1n) is 14.9. The molecule has 0 saturated carbocycles. The largest absolute Gasteiger partial charge is 0.550 e. The van der Waals surface area contributed by atoms with Crippen LogP contribution in [0.15, 0.2) is 0 Å². The maximum atomic E-state index is 9.83. The zero-order valence-electron chi connectivity index (χ0n) is 30.6. The molecule has 0 fully saturated rings. The van der Waals surface area contributed by atoms with E-state index in [1.807, 2.05) is 0 Å². The van der Waals surface area contributed by atoms with Crippen molar-refractivity contribution in [2.24, 2.45) is 5.92 Å². The van der Waals surface area contributed by atoms with E-state index in [2.05, 4.69) is 13.8 Å². The third kappa shape index (κ3) is 119. The first kappa shape index (κ1) is 65.8. The Labute approximate surface area is 316 Å². The molecule has 0 rings (SSSR count). The van der Waals surface area contributed by atoms with E-state index in [0.29, 0.717) is 12.5 Å². The van der Waals surface area contributed by atoms with Gasteiger partial charge >= 0.3 is 0 Å². The summed E-state index contributed by atoms with van der Waals surface area (Å²) in [6, 6.07) is 0. The van der Waals surface area contributed by atoms with E-state index in [-0.39, 0.29) is 55.8 Å². The molecule has 0 aromatic heterocycles. The summed E-state index contributed by atoms with van der Waals surface area (Å²) in [5, 5.41) is 65.6. The fraction of sp³-hybridized carbons (Fsp3) is 0.625. The normalized spacial score (nSPS) is 8.94. The fourth-order valence-corrected chi connectivity index (χ4v) is 2.14. The van der Waals surface area contributed by atoms with Crippen molar-refractivity contribution in [2.45, 2.75) is 120 Å². The second kappa shape index (κ2) is 46.5. The number of carbonyl (C=O) groups is 12. The third-order valence-electron chi connectivity index (χ3n) is 4.16. The van der Waals surface area contributed by atoms with Crippen molar-refractivity contribution in [1.29, 1.82) is 0 Å². The van der Waals surface area contributed by atoms with Crippen LogP contribution in [-0.4, -0.2) is 82.2 Å². The van der Waals surface area contributed by atoms with Crippen molar-refractivity contribution in [1.82, 2.24) is 0 Å². The number of carbonyl (C=O) groups excluding carboxylic acids is 12. The van der Waals surface area contributed by atoms with Crippen molar-refractivity contribution in [2.75, 3.05) is 6.61 Å². The van der Waals surface area contributed by atoms with E-state index < -0.39 is 74.3 Å². The fourth-order valence-electron chi connectivity index (χ4n) is 2.14. The smallest absolute Gasteiger partial charge is 0.135 e. The Bertz CT molecular complexity index is 835. The van der Waals surface area contributed by atoms with Gasteiger partial charge in [-0.15, -0.1) is 0 Å². The number of unbranched alkanes of at least 4 members (excludes halogenated alkanes) is 1. The maximum absolute atomic E-state index is 9.83. The topological polar surface area (TPSA) is 363 Å². The van der Waals surface area contributed by atoms with Gasteiger partial charge in [-0.05, 0) is 53.9 Å². The van der Waals surface area contributed by atoms with E-state index in [4.69, 9.17) is 5.11 Å². The number of hydrogen-bond donors (Lipinski definition) is 1. The molecule has 19 nitrogen and oxygen atoms in total. The van der Waals surface area contributed by atoms with Crippen LogP contribution in [0, 0.1) is 5.92 Å². The van der Waals surface area contributed by atoms with Gasteiger partial charge in [0.2, 0.25) is 0 Å². The van der Waals surface area contributed by atoms with Crippen molar-refractivity contribution < 1.29 is 114 Å². The molecule has 0 aromatic rings. The number of carboxylic acids is 6. The number of hydrogen-bond acceptors (Lipinski definition) is 19. The number of Topliss-reactive ketones (excluding diaryl/α,β-unsaturated/α-hetero) is 6. The van der Waals surface area contributed by atoms with Crippen molar-refractivity contribution in [3.63, 3.8) is 0 Å². The quantitative estimate of drug-likeness (QED) is 0.105. The number of carboxylic acid groups (broad SMARTS) is 6. The van der Waals surface area contributed by atoms with E-state index in [1.165, 1.54) is 60.8 Å². The summed E-state index contributed by atoms with van der Waals surface area (Å²) < 4.78 is 0. The van der Waals surface area contributed by atoms with E-state index in [1.54, 1.807) is 0 Å². The second-order valence-corrected chi connectivity index (χ2v) is 10.1. The molecule has 1 unspecified atom stereocenters. The summed E-state index contributed by atoms with van der Waals surface area (Å²) in [7, 11) is 0. The van der Waals surface area contributed by atoms with Gasteiger partial charge in [0.05, 0.1) is 0 Å². The average molecular weight is 833 g/mol. The average Bonchev–Trinajstić information content (AvgIpc) is 2.86. The second-order valence-electron chi connectivity index (χ2n) is 10.1. The molecule has 52 heavy (non-hydrogen) atoms. The molecule has 0 saturated heterocycles. The number of aliphatic hydroxyl groups is 1. The molecule has 0 aliphatic heterocycles. The van der Waals surface area contributed by atoms with Gasteiger partial charge < -0.3 is 64.5 Å². The third-order valence-corrected chi connectivity index (χ3v) is 4.16. The van der Waals surface area contributed by atoms with Crippen LogP contribution < -0.4 is 30.6 Å². The Balaban J connectivity index is -0.0000000723. The SMILES string of the molecule is CC(=O)CC(=O)[O-].CC(=O)CC(=O)[O-].CC(=O)CC(=O)[O-].CC(=O)CC(=O)[O-].CC(=O)CC(=O)[O-].CC(=O)CC(=O)[O-].CCCCC(CC)CO.[Mo]. The Morgan fingerprint density at radius 1 is 0.423 bits per heavy atom. The van der Waals surface area contributed by atoms with Crippen molar-refractivity contribution in [3.05, 3.63) is 0 Å². The molecule has 0 amide bonds. The molecule has 0 radical (unpaired) electrons. The Hall–Kier alpha value is -4.51. The summed E-state index contributed by atoms with van der Waals surface area (Å²) >= 11 is 0. The van der Waals surface area contributed by atoms with Gasteiger partial charge in [0.25, 0.3) is 0 Å². The van der Waals surface area contributed by atoms with Gasteiger partial charge in [-0.3, -0.25) is 28.8 Å². The van der Waals surface area contributed by atoms with Gasteiger partial charge in [-0.25, -0.2) is 0 Å². The molecule has 0 aliphatic rings. The summed E-state index contributed by atoms with van der Waals surface area (Å²) in [4.78, 5) is 116. The molecular weight excluding hydrogens is 784 g/mol. The van der Waals surface area contributed by atoms with E-state index >= 15 is 0 Å². The van der Waals surface area contributed by atoms with Crippen LogP contribution >= 0.6 is 0 Å². The zero-order chi connectivity index (χ0) is 42.3. The van der Waals surface area contributed by atoms with Gasteiger partial charge in [-0.1, -0.05) is 33.1 Å². The van der Waals surface area contributed by atoms with Crippen LogP contribution in [0.4, 0.5) is 0 Å². The van der Waals surface area contributed by atoms with E-state index in [0.717, 1.165) is 6.42 Å². The van der Waals surface area contributed by atoms with Crippen LogP contribution in [0.3, 0.4) is 0 Å². The van der Waals surface area contributed by atoms with Gasteiger partial charge in [0.15, 0.2) is 0 Å². The summed E-state index contributed by atoms with van der Waals surface area (Å²) in [6.07, 6.45) is 2.00. The van der Waals surface area contributed by atoms with Gasteiger partial charge in [0.1, 0.15) is 34.7 Å². The molecule has 0 heterocycles. The van der Waals surface area contributed by atoms with Crippen LogP contribution in [0.2, 0.25) is 0 Å². The Morgan fingerprint density at radius 2 is 0.596 bits per heavy atom. The molecule has 0 spiro atoms. The van der Waals surface area contributed by atoms with E-state index in [9.17, 15) is 88.2 Å². The van der Waals surface area contributed by atoms with Gasteiger partial charge in [-0.2, -0.15) is 0 Å². The predicted molar refractivity (Wildman–Crippen MR) is 162 cm³/mol. The Kier molecular flexibility index (Phi) is 58.8. The number of aliphatic hydroxyl groups excluding tert-OH is 1. The van der Waals surface area contributed by atoms with Crippen LogP contribution in [0.1, 0.15) is 120 Å². The first-order chi connectivity index (χ1) is 23.1. The van der Waals surface area contributed by atoms with Crippen molar-refractivity contribution >= 4 is 70.5 Å². The summed E-state index contributed by atoms with van der Waals surface area (Å²) in [6.45, 7) is 11.9. The predicted octanol–water partition coefficient (Wildman–Crippen LogP) is -5.52. The first-order valence-corrected chi connectivity index (χ1v) is 14.9. The maximum Gasteiger partial charge on any atom is 0.135 e. The van der Waals surface area contributed by atoms with Crippen molar-refractivity contribution in [3.8, 4) is 0 Å². The Morgan fingerprint density at radius 3 is 0.654 bits per heavy atom. The molecule has 0 aromatic carbocycles. The molecule has 0 bridgehead atoms. The number of ketones is 6. The zero-order valence-corrected chi connectivity index (χ0v) is 32.6. The van der Waals surface area contributed by atoms with Crippen LogP contribution in [0.25, 0.3) is 0 Å². The molecular formula is C32H48MoO19-6. The summed E-state index contributed by atoms with van der Waals surface area (Å²) in [5.41, 5.74) is 0. The molecule has 20 heteroatoms. The standard InChI is InChI=1S/C8H18O.6C4H6O3.Mo/c1-3-5-6-8(4-2)7-9;6*1-3(5)2-4(6)7;/h8-9H,3-7H2,1-2H3;6*2H2,1H3,(H,6,7);/p-6. The minimum atomic E-state index is -1.31. The number of aliphatic carboxylic acids is 6. The molecule has 1 atom stereocenters. The van der Waals surface area contributed by atoms with Crippen LogP contribution in [-0.2, 0) is 78.6 Å².